The van der Waals surface area contributed by atoms with Gasteiger partial charge in [-0.1, -0.05) is 18.5 Å². The summed E-state index contributed by atoms with van der Waals surface area (Å²) in [4.78, 5) is 21.8. The number of aryl methyl sites for hydroxylation is 1. The van der Waals surface area contributed by atoms with E-state index >= 15 is 0 Å². The lowest BCUT2D eigenvalue weighted by molar-refractivity contribution is -0.0309. The maximum atomic E-state index is 14.2. The van der Waals surface area contributed by atoms with Crippen molar-refractivity contribution in [3.8, 4) is 5.69 Å². The van der Waals surface area contributed by atoms with Gasteiger partial charge in [0.05, 0.1) is 17.4 Å². The Kier molecular flexibility index (Phi) is 4.11. The van der Waals surface area contributed by atoms with E-state index in [1.165, 1.54) is 22.1 Å². The van der Waals surface area contributed by atoms with Gasteiger partial charge in [-0.15, -0.1) is 11.3 Å². The molecule has 0 amide bonds. The largest absolute Gasteiger partial charge is 0.276 e. The van der Waals surface area contributed by atoms with Crippen LogP contribution in [0, 0.1) is 12.8 Å². The van der Waals surface area contributed by atoms with Crippen molar-refractivity contribution < 1.29 is 8.78 Å². The molecule has 4 nitrogen and oxygen atoms in total. The van der Waals surface area contributed by atoms with Gasteiger partial charge in [0.2, 0.25) is 0 Å². The summed E-state index contributed by atoms with van der Waals surface area (Å²) >= 11 is 7.16. The van der Waals surface area contributed by atoms with Gasteiger partial charge in [-0.3, -0.25) is 9.36 Å². The molecule has 0 aliphatic heterocycles. The number of halogens is 3. The van der Waals surface area contributed by atoms with Crippen LogP contribution >= 0.6 is 22.9 Å². The van der Waals surface area contributed by atoms with E-state index in [9.17, 15) is 13.6 Å². The maximum Gasteiger partial charge on any atom is 0.276 e. The van der Waals surface area contributed by atoms with Crippen LogP contribution in [0.4, 0.5) is 8.78 Å². The van der Waals surface area contributed by atoms with Crippen LogP contribution in [-0.2, 0) is 0 Å². The average Bonchev–Trinajstić information content (AvgIpc) is 3.09. The third-order valence-corrected chi connectivity index (χ3v) is 6.31. The number of alkyl halides is 2. The molecule has 0 N–H and O–H groups in total. The Morgan fingerprint density at radius 1 is 1.38 bits per heavy atom. The predicted octanol–water partition coefficient (Wildman–Crippen LogP) is 4.95. The Labute approximate surface area is 157 Å². The minimum Gasteiger partial charge on any atom is -0.267 e. The van der Waals surface area contributed by atoms with Crippen molar-refractivity contribution in [2.75, 3.05) is 0 Å². The van der Waals surface area contributed by atoms with Gasteiger partial charge < -0.3 is 0 Å². The molecule has 0 spiro atoms. The van der Waals surface area contributed by atoms with Gasteiger partial charge in [0, 0.05) is 18.3 Å². The number of nitrogens with zero attached hydrogens (tertiary/aromatic N) is 3. The van der Waals surface area contributed by atoms with Crippen molar-refractivity contribution in [3.05, 3.63) is 50.6 Å². The molecule has 0 saturated heterocycles. The second-order valence-electron chi connectivity index (χ2n) is 6.84. The second kappa shape index (κ2) is 6.09. The summed E-state index contributed by atoms with van der Waals surface area (Å²) < 4.78 is 30.2. The van der Waals surface area contributed by atoms with Crippen molar-refractivity contribution in [1.82, 2.24) is 14.5 Å². The summed E-state index contributed by atoms with van der Waals surface area (Å²) in [5, 5.41) is 2.16. The van der Waals surface area contributed by atoms with Gasteiger partial charge in [0.15, 0.2) is 0 Å². The van der Waals surface area contributed by atoms with Crippen molar-refractivity contribution in [1.29, 1.82) is 0 Å². The van der Waals surface area contributed by atoms with Gasteiger partial charge in [-0.05, 0) is 36.4 Å². The quantitative estimate of drug-likeness (QED) is 0.576. The predicted molar refractivity (Wildman–Crippen MR) is 98.8 cm³/mol. The topological polar surface area (TPSA) is 47.8 Å². The lowest BCUT2D eigenvalue weighted by atomic mass is 10.0. The normalized spacial score (nSPS) is 22.2. The number of thiophene rings is 1. The summed E-state index contributed by atoms with van der Waals surface area (Å²) in [5.74, 6) is -3.63. The van der Waals surface area contributed by atoms with Crippen molar-refractivity contribution in [3.63, 3.8) is 0 Å². The number of hydrogen-bond acceptors (Lipinski definition) is 4. The summed E-state index contributed by atoms with van der Waals surface area (Å²) in [5.41, 5.74) is 1.70. The molecule has 8 heteroatoms. The van der Waals surface area contributed by atoms with Gasteiger partial charge >= 0.3 is 0 Å². The van der Waals surface area contributed by atoms with E-state index in [0.29, 0.717) is 26.9 Å². The molecular weight excluding hydrogens is 380 g/mol. The number of pyridine rings is 1. The van der Waals surface area contributed by atoms with Crippen LogP contribution in [-0.4, -0.2) is 20.5 Å². The van der Waals surface area contributed by atoms with Crippen LogP contribution in [0.25, 0.3) is 15.9 Å². The zero-order chi connectivity index (χ0) is 18.6. The van der Waals surface area contributed by atoms with Crippen molar-refractivity contribution in [2.24, 2.45) is 5.92 Å². The van der Waals surface area contributed by atoms with Crippen molar-refractivity contribution >= 4 is 33.2 Å². The maximum absolute atomic E-state index is 14.2. The molecule has 4 rings (SSSR count). The van der Waals surface area contributed by atoms with E-state index in [-0.39, 0.29) is 18.4 Å². The minimum absolute atomic E-state index is 0.255. The molecular formula is C18H16ClF2N3OS. The van der Waals surface area contributed by atoms with E-state index < -0.39 is 17.8 Å². The van der Waals surface area contributed by atoms with E-state index in [1.807, 2.05) is 12.3 Å². The van der Waals surface area contributed by atoms with Gasteiger partial charge in [-0.25, -0.2) is 18.7 Å². The number of hydrogen-bond donors (Lipinski definition) is 0. The molecule has 2 atom stereocenters. The van der Waals surface area contributed by atoms with Crippen LogP contribution in [0.5, 0.6) is 0 Å². The third kappa shape index (κ3) is 2.74. The second-order valence-corrected chi connectivity index (χ2v) is 8.11. The highest BCUT2D eigenvalue weighted by atomic mass is 35.5. The molecule has 1 saturated carbocycles. The first-order chi connectivity index (χ1) is 12.3. The molecule has 2 unspecified atom stereocenters. The van der Waals surface area contributed by atoms with E-state index in [0.717, 1.165) is 5.56 Å². The Bertz CT molecular complexity index is 1050. The van der Waals surface area contributed by atoms with Gasteiger partial charge in [0.1, 0.15) is 15.7 Å². The number of fused-ring (bicyclic) bond motifs is 1. The van der Waals surface area contributed by atoms with E-state index in [2.05, 4.69) is 9.97 Å². The fraction of sp³-hybridized carbons (Fsp3) is 0.389. The van der Waals surface area contributed by atoms with Crippen LogP contribution in [0.1, 0.15) is 37.1 Å². The lowest BCUT2D eigenvalue weighted by Crippen LogP contribution is -2.25. The van der Waals surface area contributed by atoms with Crippen LogP contribution < -0.4 is 5.56 Å². The Morgan fingerprint density at radius 3 is 2.77 bits per heavy atom. The van der Waals surface area contributed by atoms with Crippen LogP contribution in [0.2, 0.25) is 5.15 Å². The highest BCUT2D eigenvalue weighted by Gasteiger charge is 2.48. The zero-order valence-corrected chi connectivity index (χ0v) is 15.7. The van der Waals surface area contributed by atoms with Crippen LogP contribution in [0.15, 0.2) is 28.5 Å². The molecule has 0 radical (unpaired) electrons. The third-order valence-electron chi connectivity index (χ3n) is 5.01. The molecule has 0 bridgehead atoms. The van der Waals surface area contributed by atoms with E-state index in [1.54, 1.807) is 19.1 Å². The first-order valence-electron chi connectivity index (χ1n) is 8.28. The van der Waals surface area contributed by atoms with Crippen molar-refractivity contribution in [2.45, 2.75) is 38.5 Å². The first kappa shape index (κ1) is 17.5. The smallest absolute Gasteiger partial charge is 0.267 e. The molecule has 136 valence electrons. The fourth-order valence-corrected chi connectivity index (χ4v) is 4.56. The van der Waals surface area contributed by atoms with Crippen LogP contribution in [0.3, 0.4) is 0 Å². The Morgan fingerprint density at radius 2 is 2.15 bits per heavy atom. The van der Waals surface area contributed by atoms with E-state index in [4.69, 9.17) is 11.6 Å². The highest BCUT2D eigenvalue weighted by Crippen LogP contribution is 2.48. The number of aromatic nitrogens is 3. The Hall–Kier alpha value is -1.86. The monoisotopic (exact) mass is 395 g/mol. The molecule has 1 aliphatic carbocycles. The number of rotatable bonds is 2. The average molecular weight is 396 g/mol. The summed E-state index contributed by atoms with van der Waals surface area (Å²) in [6, 6.07) is 3.23. The lowest BCUT2D eigenvalue weighted by Gasteiger charge is -2.17. The minimum atomic E-state index is -2.76. The SMILES string of the molecule is Cc1csc2c(=O)n(-c3ccc(Cl)nc3)c(C3CC(C)C(F)(F)C3)nc12. The highest BCUT2D eigenvalue weighted by molar-refractivity contribution is 7.17. The summed E-state index contributed by atoms with van der Waals surface area (Å²) in [6.07, 6.45) is 1.45. The molecule has 1 aliphatic rings. The molecule has 1 fully saturated rings. The standard InChI is InChI=1S/C18H16ClF2N3OS/c1-9-8-26-15-14(9)23-16(11-5-10(2)18(20,21)6-11)24(17(15)25)12-3-4-13(19)22-7-12/h3-4,7-8,10-11H,5-6H2,1-2H3. The summed E-state index contributed by atoms with van der Waals surface area (Å²) in [7, 11) is 0. The molecule has 3 aromatic rings. The molecule has 3 aromatic heterocycles. The molecule has 0 aromatic carbocycles. The first-order valence-corrected chi connectivity index (χ1v) is 9.54. The molecule has 3 heterocycles. The zero-order valence-electron chi connectivity index (χ0n) is 14.2. The van der Waals surface area contributed by atoms with Gasteiger partial charge in [-0.2, -0.15) is 0 Å². The fourth-order valence-electron chi connectivity index (χ4n) is 3.53. The molecule has 26 heavy (non-hydrogen) atoms. The van der Waals surface area contributed by atoms with Gasteiger partial charge in [0.25, 0.3) is 11.5 Å². The Balaban J connectivity index is 1.98. The summed E-state index contributed by atoms with van der Waals surface area (Å²) in [6.45, 7) is 3.41.